The minimum absolute atomic E-state index is 0.0270. The summed E-state index contributed by atoms with van der Waals surface area (Å²) in [6, 6.07) is 3.87. The van der Waals surface area contributed by atoms with E-state index in [0.29, 0.717) is 19.8 Å². The molecule has 1 aromatic rings. The Hall–Kier alpha value is -0.820. The molecule has 0 aliphatic carbocycles. The van der Waals surface area contributed by atoms with E-state index >= 15 is 0 Å². The second-order valence-corrected chi connectivity index (χ2v) is 6.48. The number of ether oxygens (including phenoxy) is 1. The van der Waals surface area contributed by atoms with Crippen LogP contribution in [0.1, 0.15) is 17.3 Å². The van der Waals surface area contributed by atoms with Gasteiger partial charge in [-0.15, -0.1) is 0 Å². The molecule has 0 heterocycles. The molecule has 0 saturated heterocycles. The number of rotatable bonds is 6. The van der Waals surface area contributed by atoms with Crippen LogP contribution in [0.4, 0.5) is 0 Å². The maximum atomic E-state index is 11.8. The fraction of sp³-hybridized carbons (Fsp3) is 0.364. The Morgan fingerprint density at radius 2 is 2.11 bits per heavy atom. The van der Waals surface area contributed by atoms with Crippen LogP contribution >= 0.6 is 22.3 Å². The lowest BCUT2D eigenvalue weighted by Gasteiger charge is -2.07. The Bertz CT molecular complexity index is 560. The van der Waals surface area contributed by atoms with E-state index in [1.807, 2.05) is 6.92 Å². The number of benzene rings is 1. The molecule has 19 heavy (non-hydrogen) atoms. The SMILES string of the molecule is CCOCCNC(=O)c1ccc(Cl)c(S(=O)(=O)Cl)c1. The minimum Gasteiger partial charge on any atom is -0.380 e. The molecule has 0 spiro atoms. The molecule has 0 aromatic heterocycles. The summed E-state index contributed by atoms with van der Waals surface area (Å²) in [5, 5.41) is 2.56. The molecule has 0 unspecified atom stereocenters. The molecule has 0 saturated carbocycles. The first-order valence-electron chi connectivity index (χ1n) is 5.46. The number of hydrogen-bond donors (Lipinski definition) is 1. The van der Waals surface area contributed by atoms with E-state index in [0.717, 1.165) is 6.07 Å². The summed E-state index contributed by atoms with van der Waals surface area (Å²) in [6.45, 7) is 3.12. The second kappa shape index (κ2) is 7.09. The quantitative estimate of drug-likeness (QED) is 0.641. The van der Waals surface area contributed by atoms with Gasteiger partial charge in [0.2, 0.25) is 0 Å². The molecule has 5 nitrogen and oxygen atoms in total. The number of amides is 1. The third kappa shape index (κ3) is 4.99. The van der Waals surface area contributed by atoms with Gasteiger partial charge in [-0.1, -0.05) is 11.6 Å². The molecule has 1 rings (SSSR count). The van der Waals surface area contributed by atoms with Crippen molar-refractivity contribution < 1.29 is 17.9 Å². The number of carbonyl (C=O) groups excluding carboxylic acids is 1. The zero-order valence-corrected chi connectivity index (χ0v) is 12.5. The number of nitrogens with one attached hydrogen (secondary N) is 1. The number of hydrogen-bond acceptors (Lipinski definition) is 4. The fourth-order valence-corrected chi connectivity index (χ4v) is 2.81. The fourth-order valence-electron chi connectivity index (χ4n) is 1.31. The van der Waals surface area contributed by atoms with Gasteiger partial charge in [-0.3, -0.25) is 4.79 Å². The number of halogens is 2. The first-order valence-corrected chi connectivity index (χ1v) is 8.15. The highest BCUT2D eigenvalue weighted by Gasteiger charge is 2.17. The van der Waals surface area contributed by atoms with Crippen molar-refractivity contribution in [1.82, 2.24) is 5.32 Å². The van der Waals surface area contributed by atoms with E-state index in [4.69, 9.17) is 27.0 Å². The maximum Gasteiger partial charge on any atom is 0.262 e. The summed E-state index contributed by atoms with van der Waals surface area (Å²) >= 11 is 5.72. The third-order valence-electron chi connectivity index (χ3n) is 2.19. The van der Waals surface area contributed by atoms with E-state index in [2.05, 4.69) is 5.32 Å². The van der Waals surface area contributed by atoms with Crippen LogP contribution in [0.2, 0.25) is 5.02 Å². The highest BCUT2D eigenvalue weighted by atomic mass is 35.7. The summed E-state index contributed by atoms with van der Waals surface area (Å²) in [5.74, 6) is -0.419. The summed E-state index contributed by atoms with van der Waals surface area (Å²) in [5.41, 5.74) is 0.167. The summed E-state index contributed by atoms with van der Waals surface area (Å²) in [7, 11) is 1.24. The molecule has 8 heteroatoms. The molecule has 1 aromatic carbocycles. The molecule has 0 atom stereocenters. The maximum absolute atomic E-state index is 11.8. The lowest BCUT2D eigenvalue weighted by Crippen LogP contribution is -2.27. The summed E-state index contributed by atoms with van der Waals surface area (Å²) in [6.07, 6.45) is 0. The van der Waals surface area contributed by atoms with Crippen molar-refractivity contribution in [1.29, 1.82) is 0 Å². The van der Waals surface area contributed by atoms with Gasteiger partial charge in [-0.2, -0.15) is 0 Å². The van der Waals surface area contributed by atoms with Gasteiger partial charge >= 0.3 is 0 Å². The summed E-state index contributed by atoms with van der Waals surface area (Å²) < 4.78 is 27.6. The van der Waals surface area contributed by atoms with Gasteiger partial charge in [-0.05, 0) is 25.1 Å². The van der Waals surface area contributed by atoms with Crippen LogP contribution in [0.15, 0.2) is 23.1 Å². The predicted octanol–water partition coefficient (Wildman–Crippen LogP) is 2.03. The highest BCUT2D eigenvalue weighted by molar-refractivity contribution is 8.13. The van der Waals surface area contributed by atoms with Crippen molar-refractivity contribution in [3.63, 3.8) is 0 Å². The number of carbonyl (C=O) groups is 1. The van der Waals surface area contributed by atoms with E-state index in [-0.39, 0.29) is 15.5 Å². The predicted molar refractivity (Wildman–Crippen MR) is 73.3 cm³/mol. The topological polar surface area (TPSA) is 72.5 Å². The van der Waals surface area contributed by atoms with Crippen LogP contribution < -0.4 is 5.32 Å². The van der Waals surface area contributed by atoms with Gasteiger partial charge in [0, 0.05) is 29.4 Å². The largest absolute Gasteiger partial charge is 0.380 e. The molecule has 0 bridgehead atoms. The van der Waals surface area contributed by atoms with E-state index in [1.165, 1.54) is 12.1 Å². The molecule has 0 aliphatic heterocycles. The Morgan fingerprint density at radius 3 is 2.68 bits per heavy atom. The average Bonchev–Trinajstić information content (AvgIpc) is 2.33. The molecular weight excluding hydrogens is 313 g/mol. The van der Waals surface area contributed by atoms with Gasteiger partial charge < -0.3 is 10.1 Å². The zero-order valence-electron chi connectivity index (χ0n) is 10.2. The molecule has 1 amide bonds. The van der Waals surface area contributed by atoms with Crippen LogP contribution in [0.25, 0.3) is 0 Å². The first kappa shape index (κ1) is 16.2. The van der Waals surface area contributed by atoms with Crippen LogP contribution in [-0.2, 0) is 13.8 Å². The van der Waals surface area contributed by atoms with Gasteiger partial charge in [0.1, 0.15) is 4.90 Å². The third-order valence-corrected chi connectivity index (χ3v) is 4.00. The summed E-state index contributed by atoms with van der Waals surface area (Å²) in [4.78, 5) is 11.5. The highest BCUT2D eigenvalue weighted by Crippen LogP contribution is 2.25. The second-order valence-electron chi connectivity index (χ2n) is 3.54. The van der Waals surface area contributed by atoms with E-state index in [9.17, 15) is 13.2 Å². The van der Waals surface area contributed by atoms with Gasteiger partial charge in [0.05, 0.1) is 11.6 Å². The van der Waals surface area contributed by atoms with Crippen molar-refractivity contribution in [2.45, 2.75) is 11.8 Å². The molecule has 0 aliphatic rings. The molecule has 0 fully saturated rings. The zero-order chi connectivity index (χ0) is 14.5. The van der Waals surface area contributed by atoms with E-state index in [1.54, 1.807) is 0 Å². The van der Waals surface area contributed by atoms with Crippen LogP contribution in [0, 0.1) is 0 Å². The Morgan fingerprint density at radius 1 is 1.42 bits per heavy atom. The normalized spacial score (nSPS) is 11.3. The minimum atomic E-state index is -3.98. The van der Waals surface area contributed by atoms with Crippen molar-refractivity contribution in [3.8, 4) is 0 Å². The van der Waals surface area contributed by atoms with Crippen molar-refractivity contribution in [2.75, 3.05) is 19.8 Å². The van der Waals surface area contributed by atoms with E-state index < -0.39 is 15.0 Å². The average molecular weight is 326 g/mol. The lowest BCUT2D eigenvalue weighted by atomic mass is 10.2. The smallest absolute Gasteiger partial charge is 0.262 e. The van der Waals surface area contributed by atoms with Gasteiger partial charge in [0.25, 0.3) is 15.0 Å². The standard InChI is InChI=1S/C11H13Cl2NO4S/c1-2-18-6-5-14-11(15)8-3-4-9(12)10(7-8)19(13,16)17/h3-4,7H,2,5-6H2,1H3,(H,14,15). The van der Waals surface area contributed by atoms with Gasteiger partial charge in [0.15, 0.2) is 0 Å². The van der Waals surface area contributed by atoms with Crippen LogP contribution in [-0.4, -0.2) is 34.1 Å². The van der Waals surface area contributed by atoms with Crippen LogP contribution in [0.3, 0.4) is 0 Å². The monoisotopic (exact) mass is 325 g/mol. The van der Waals surface area contributed by atoms with Crippen molar-refractivity contribution in [2.24, 2.45) is 0 Å². The molecule has 1 N–H and O–H groups in total. The van der Waals surface area contributed by atoms with Crippen molar-refractivity contribution in [3.05, 3.63) is 28.8 Å². The Kier molecular flexibility index (Phi) is 6.06. The Balaban J connectivity index is 2.82. The Labute approximate surface area is 121 Å². The van der Waals surface area contributed by atoms with Crippen LogP contribution in [0.5, 0.6) is 0 Å². The first-order chi connectivity index (χ1) is 8.86. The van der Waals surface area contributed by atoms with Crippen molar-refractivity contribution >= 4 is 37.2 Å². The molecule has 0 radical (unpaired) electrons. The molecular formula is C11H13Cl2NO4S. The molecule has 106 valence electrons. The lowest BCUT2D eigenvalue weighted by molar-refractivity contribution is 0.0922. The van der Waals surface area contributed by atoms with Gasteiger partial charge in [-0.25, -0.2) is 8.42 Å².